The van der Waals surface area contributed by atoms with E-state index in [2.05, 4.69) is 11.1 Å². The van der Waals surface area contributed by atoms with Crippen LogP contribution in [-0.4, -0.2) is 26.6 Å². The number of aliphatic carboxylic acids is 1. The fraction of sp³-hybridized carbons (Fsp3) is 0.194. The highest BCUT2D eigenvalue weighted by atomic mass is 35.5. The van der Waals surface area contributed by atoms with Crippen LogP contribution in [0, 0.1) is 6.92 Å². The summed E-state index contributed by atoms with van der Waals surface area (Å²) in [6.45, 7) is 7.47. The van der Waals surface area contributed by atoms with Crippen LogP contribution < -0.4 is 0 Å². The van der Waals surface area contributed by atoms with Crippen LogP contribution in [0.1, 0.15) is 38.0 Å². The number of rotatable bonds is 6. The summed E-state index contributed by atoms with van der Waals surface area (Å²) < 4.78 is 6.99. The molecule has 5 nitrogen and oxygen atoms in total. The number of carboxylic acids is 1. The van der Waals surface area contributed by atoms with E-state index in [1.807, 2.05) is 76.2 Å². The Balaban J connectivity index is 1.73. The Labute approximate surface area is 241 Å². The second kappa shape index (κ2) is 10.7. The van der Waals surface area contributed by atoms with Crippen molar-refractivity contribution in [3.05, 3.63) is 94.2 Å². The third-order valence-corrected chi connectivity index (χ3v) is 7.78. The zero-order valence-corrected chi connectivity index (χ0v) is 24.2. The summed E-state index contributed by atoms with van der Waals surface area (Å²) in [5.74, 6) is -1.05. The van der Waals surface area contributed by atoms with Gasteiger partial charge in [-0.1, -0.05) is 53.5 Å². The lowest BCUT2D eigenvalue weighted by Gasteiger charge is -2.28. The number of pyridine rings is 1. The Morgan fingerprint density at radius 1 is 0.949 bits per heavy atom. The fourth-order valence-electron chi connectivity index (χ4n) is 4.58. The van der Waals surface area contributed by atoms with E-state index in [-0.39, 0.29) is 0 Å². The number of nitrogens with zero attached hydrogens (tertiary/aromatic N) is 2. The van der Waals surface area contributed by atoms with E-state index >= 15 is 0 Å². The number of thiazole rings is 1. The van der Waals surface area contributed by atoms with Gasteiger partial charge in [0.2, 0.25) is 0 Å². The number of aryl methyl sites for hydroxylation is 1. The molecule has 0 fully saturated rings. The Bertz CT molecular complexity index is 1690. The first kappa shape index (κ1) is 27.3. The van der Waals surface area contributed by atoms with Gasteiger partial charge in [0.05, 0.1) is 15.8 Å². The van der Waals surface area contributed by atoms with Gasteiger partial charge in [-0.15, -0.1) is 11.3 Å². The molecular weight excluding hydrogens is 551 g/mol. The Kier molecular flexibility index (Phi) is 7.49. The number of carbonyl (C=O) groups is 1. The minimum absolute atomic E-state index is 0.430. The first-order valence-electron chi connectivity index (χ1n) is 12.3. The molecule has 0 radical (unpaired) electrons. The first-order valence-corrected chi connectivity index (χ1v) is 13.9. The third-order valence-electron chi connectivity index (χ3n) is 6.19. The number of ether oxygens (including phenoxy) is 1. The summed E-state index contributed by atoms with van der Waals surface area (Å²) in [5, 5.41) is 12.1. The van der Waals surface area contributed by atoms with Crippen molar-refractivity contribution >= 4 is 50.7 Å². The van der Waals surface area contributed by atoms with Crippen molar-refractivity contribution < 1.29 is 14.6 Å². The molecule has 0 unspecified atom stereocenters. The molecule has 39 heavy (non-hydrogen) atoms. The molecule has 0 spiro atoms. The van der Waals surface area contributed by atoms with Gasteiger partial charge in [-0.05, 0) is 86.3 Å². The first-order chi connectivity index (χ1) is 18.5. The van der Waals surface area contributed by atoms with Crippen molar-refractivity contribution in [2.75, 3.05) is 0 Å². The molecule has 0 amide bonds. The van der Waals surface area contributed by atoms with Crippen LogP contribution in [0.3, 0.4) is 0 Å². The zero-order chi connectivity index (χ0) is 27.9. The number of halogens is 2. The molecule has 5 rings (SSSR count). The molecule has 0 aliphatic heterocycles. The predicted octanol–water partition coefficient (Wildman–Crippen LogP) is 9.25. The van der Waals surface area contributed by atoms with Crippen molar-refractivity contribution in [1.82, 2.24) is 9.97 Å². The summed E-state index contributed by atoms with van der Waals surface area (Å²) in [6.07, 6.45) is 0.522. The number of benzene rings is 3. The summed E-state index contributed by atoms with van der Waals surface area (Å²) in [5.41, 5.74) is 6.07. The van der Waals surface area contributed by atoms with Gasteiger partial charge < -0.3 is 9.84 Å². The number of carboxylic acid groups (broad SMARTS) is 1. The average Bonchev–Trinajstić information content (AvgIpc) is 3.30. The minimum atomic E-state index is -1.16. The van der Waals surface area contributed by atoms with Crippen LogP contribution in [0.4, 0.5) is 0 Å². The normalized spacial score (nSPS) is 12.6. The Hall–Kier alpha value is -3.29. The summed E-state index contributed by atoms with van der Waals surface area (Å²) in [4.78, 5) is 21.6. The number of hydrogen-bond acceptors (Lipinski definition) is 5. The molecule has 3 aromatic carbocycles. The standard InChI is InChI=1S/C31H26Cl2N2O3S/c1-17-14-23-28(39-29(35-23)21-7-5-6-19(15-21)20-12-13-34-24(33)16-20)26(18-8-10-22(32)11-9-18)25(17)27(30(36)37)38-31(2,3)4/h5-16,27H,1-4H3,(H,36,37)/t27-/m0/s1. The van der Waals surface area contributed by atoms with Crippen molar-refractivity contribution in [2.45, 2.75) is 39.4 Å². The van der Waals surface area contributed by atoms with Crippen LogP contribution in [0.2, 0.25) is 10.2 Å². The van der Waals surface area contributed by atoms with E-state index in [1.165, 1.54) is 11.3 Å². The molecule has 8 heteroatoms. The van der Waals surface area contributed by atoms with Crippen molar-refractivity contribution in [1.29, 1.82) is 0 Å². The number of aromatic nitrogens is 2. The molecule has 2 aromatic heterocycles. The van der Waals surface area contributed by atoms with Gasteiger partial charge in [0.1, 0.15) is 10.2 Å². The van der Waals surface area contributed by atoms with E-state index in [4.69, 9.17) is 32.9 Å². The van der Waals surface area contributed by atoms with Gasteiger partial charge in [-0.3, -0.25) is 0 Å². The molecule has 198 valence electrons. The molecule has 0 saturated carbocycles. The second-order valence-electron chi connectivity index (χ2n) is 10.3. The van der Waals surface area contributed by atoms with Gasteiger partial charge in [-0.2, -0.15) is 0 Å². The molecule has 2 heterocycles. The van der Waals surface area contributed by atoms with Gasteiger partial charge in [0.15, 0.2) is 6.10 Å². The highest BCUT2D eigenvalue weighted by Crippen LogP contribution is 2.44. The monoisotopic (exact) mass is 576 g/mol. The van der Waals surface area contributed by atoms with E-state index in [0.717, 1.165) is 48.6 Å². The minimum Gasteiger partial charge on any atom is -0.479 e. The predicted molar refractivity (Wildman–Crippen MR) is 160 cm³/mol. The summed E-state index contributed by atoms with van der Waals surface area (Å²) in [6, 6.07) is 21.2. The van der Waals surface area contributed by atoms with Crippen LogP contribution in [0.15, 0.2) is 72.9 Å². The highest BCUT2D eigenvalue weighted by Gasteiger charge is 2.32. The summed E-state index contributed by atoms with van der Waals surface area (Å²) in [7, 11) is 0. The fourth-order valence-corrected chi connectivity index (χ4v) is 6.00. The lowest BCUT2D eigenvalue weighted by Crippen LogP contribution is -2.28. The molecule has 0 aliphatic rings. The molecule has 0 saturated heterocycles. The highest BCUT2D eigenvalue weighted by molar-refractivity contribution is 7.22. The van der Waals surface area contributed by atoms with Crippen molar-refractivity contribution in [3.8, 4) is 32.8 Å². The Morgan fingerprint density at radius 2 is 1.64 bits per heavy atom. The quantitative estimate of drug-likeness (QED) is 0.204. The van der Waals surface area contributed by atoms with E-state index in [1.54, 1.807) is 18.3 Å². The maximum Gasteiger partial charge on any atom is 0.337 e. The lowest BCUT2D eigenvalue weighted by atomic mass is 9.91. The van der Waals surface area contributed by atoms with E-state index < -0.39 is 17.7 Å². The third kappa shape index (κ3) is 5.85. The van der Waals surface area contributed by atoms with E-state index in [9.17, 15) is 9.90 Å². The Morgan fingerprint density at radius 3 is 2.31 bits per heavy atom. The molecule has 1 N–H and O–H groups in total. The average molecular weight is 578 g/mol. The molecule has 1 atom stereocenters. The number of fused-ring (bicyclic) bond motifs is 1. The molecule has 0 aliphatic carbocycles. The van der Waals surface area contributed by atoms with Crippen LogP contribution >= 0.6 is 34.5 Å². The lowest BCUT2D eigenvalue weighted by molar-refractivity contribution is -0.160. The van der Waals surface area contributed by atoms with Crippen molar-refractivity contribution in [2.24, 2.45) is 0 Å². The SMILES string of the molecule is Cc1cc2nc(-c3cccc(-c4ccnc(Cl)c4)c3)sc2c(-c2ccc(Cl)cc2)c1[C@H](OC(C)(C)C)C(=O)O. The molecular formula is C31H26Cl2N2O3S. The summed E-state index contributed by atoms with van der Waals surface area (Å²) >= 11 is 13.9. The van der Waals surface area contributed by atoms with Gasteiger partial charge in [0, 0.05) is 27.9 Å². The van der Waals surface area contributed by atoms with Crippen LogP contribution in [0.25, 0.3) is 43.0 Å². The van der Waals surface area contributed by atoms with Gasteiger partial charge in [0.25, 0.3) is 0 Å². The molecule has 5 aromatic rings. The van der Waals surface area contributed by atoms with E-state index in [0.29, 0.717) is 15.7 Å². The van der Waals surface area contributed by atoms with Crippen molar-refractivity contribution in [3.63, 3.8) is 0 Å². The topological polar surface area (TPSA) is 72.3 Å². The smallest absolute Gasteiger partial charge is 0.337 e. The van der Waals surface area contributed by atoms with Crippen LogP contribution in [0.5, 0.6) is 0 Å². The maximum absolute atomic E-state index is 12.6. The second-order valence-corrected chi connectivity index (χ2v) is 12.1. The van der Waals surface area contributed by atoms with Gasteiger partial charge >= 0.3 is 5.97 Å². The largest absolute Gasteiger partial charge is 0.479 e. The molecule has 0 bridgehead atoms. The maximum atomic E-state index is 12.6. The van der Waals surface area contributed by atoms with Gasteiger partial charge in [-0.25, -0.2) is 14.8 Å². The van der Waals surface area contributed by atoms with Crippen LogP contribution in [-0.2, 0) is 9.53 Å². The zero-order valence-electron chi connectivity index (χ0n) is 21.8. The number of hydrogen-bond donors (Lipinski definition) is 1.